The molecule has 0 unspecified atom stereocenters. The predicted molar refractivity (Wildman–Crippen MR) is 83.6 cm³/mol. The second-order valence-electron chi connectivity index (χ2n) is 5.33. The Morgan fingerprint density at radius 3 is 2.88 bits per heavy atom. The third kappa shape index (κ3) is 2.47. The average molecular weight is 341 g/mol. The minimum atomic E-state index is -0.470. The number of esters is 1. The first-order chi connectivity index (χ1) is 12.1. The third-order valence-corrected chi connectivity index (χ3v) is 3.63. The van der Waals surface area contributed by atoms with Gasteiger partial charge in [-0.15, -0.1) is 15.3 Å². The van der Waals surface area contributed by atoms with Crippen molar-refractivity contribution in [2.75, 3.05) is 7.11 Å². The largest absolute Gasteiger partial charge is 0.469 e. The monoisotopic (exact) mass is 341 g/mol. The van der Waals surface area contributed by atoms with E-state index in [-0.39, 0.29) is 12.2 Å². The molecule has 0 aliphatic carbocycles. The summed E-state index contributed by atoms with van der Waals surface area (Å²) in [6.45, 7) is 1.72. The number of halogens is 1. The molecule has 0 saturated heterocycles. The fourth-order valence-electron chi connectivity index (χ4n) is 2.56. The van der Waals surface area contributed by atoms with Gasteiger partial charge in [0.2, 0.25) is 0 Å². The van der Waals surface area contributed by atoms with Crippen molar-refractivity contribution in [2.45, 2.75) is 13.3 Å². The SMILES string of the molecule is COC(=O)Cc1nn(-c2cccc(F)c2)c2c1nnc1nc(C)nn12. The summed E-state index contributed by atoms with van der Waals surface area (Å²) in [5.41, 5.74) is 1.62. The van der Waals surface area contributed by atoms with Crippen LogP contribution >= 0.6 is 0 Å². The van der Waals surface area contributed by atoms with E-state index in [2.05, 4.69) is 25.4 Å². The van der Waals surface area contributed by atoms with Gasteiger partial charge in [-0.2, -0.15) is 14.6 Å². The van der Waals surface area contributed by atoms with Crippen molar-refractivity contribution < 1.29 is 13.9 Å². The van der Waals surface area contributed by atoms with Crippen LogP contribution in [-0.4, -0.2) is 47.7 Å². The highest BCUT2D eigenvalue weighted by Crippen LogP contribution is 2.21. The topological polar surface area (TPSA) is 100 Å². The Morgan fingerprint density at radius 2 is 2.12 bits per heavy atom. The van der Waals surface area contributed by atoms with Gasteiger partial charge in [-0.05, 0) is 25.1 Å². The molecule has 0 radical (unpaired) electrons. The Labute approximate surface area is 140 Å². The highest BCUT2D eigenvalue weighted by atomic mass is 19.1. The van der Waals surface area contributed by atoms with Gasteiger partial charge in [-0.1, -0.05) is 6.07 Å². The van der Waals surface area contributed by atoms with Gasteiger partial charge < -0.3 is 4.74 Å². The number of carbonyl (C=O) groups is 1. The van der Waals surface area contributed by atoms with Crippen molar-refractivity contribution in [1.29, 1.82) is 0 Å². The zero-order valence-corrected chi connectivity index (χ0v) is 13.3. The summed E-state index contributed by atoms with van der Waals surface area (Å²) in [6.07, 6.45) is -0.0941. The zero-order chi connectivity index (χ0) is 17.6. The predicted octanol–water partition coefficient (Wildman–Crippen LogP) is 1.02. The minimum Gasteiger partial charge on any atom is -0.469 e. The molecule has 0 bridgehead atoms. The zero-order valence-electron chi connectivity index (χ0n) is 13.3. The molecule has 1 aromatic carbocycles. The maximum atomic E-state index is 13.7. The van der Waals surface area contributed by atoms with E-state index in [4.69, 9.17) is 4.74 Å². The fraction of sp³-hybridized carbons (Fsp3) is 0.200. The van der Waals surface area contributed by atoms with Gasteiger partial charge in [0.25, 0.3) is 5.78 Å². The second-order valence-corrected chi connectivity index (χ2v) is 5.33. The lowest BCUT2D eigenvalue weighted by Gasteiger charge is -2.03. The third-order valence-electron chi connectivity index (χ3n) is 3.63. The van der Waals surface area contributed by atoms with Crippen LogP contribution < -0.4 is 0 Å². The first-order valence-electron chi connectivity index (χ1n) is 7.37. The number of nitrogens with zero attached hydrogens (tertiary/aromatic N) is 7. The summed E-state index contributed by atoms with van der Waals surface area (Å²) in [6, 6.07) is 5.91. The molecule has 0 atom stereocenters. The van der Waals surface area contributed by atoms with Crippen LogP contribution in [0, 0.1) is 12.7 Å². The van der Waals surface area contributed by atoms with E-state index in [1.165, 1.54) is 28.4 Å². The number of fused-ring (bicyclic) bond motifs is 3. The molecule has 9 nitrogen and oxygen atoms in total. The first kappa shape index (κ1) is 15.1. The molecule has 0 fully saturated rings. The van der Waals surface area contributed by atoms with Gasteiger partial charge in [0.15, 0.2) is 11.2 Å². The van der Waals surface area contributed by atoms with Crippen LogP contribution in [0.5, 0.6) is 0 Å². The van der Waals surface area contributed by atoms with Crippen LogP contribution in [-0.2, 0) is 16.0 Å². The maximum absolute atomic E-state index is 13.7. The highest BCUT2D eigenvalue weighted by Gasteiger charge is 2.21. The van der Waals surface area contributed by atoms with Gasteiger partial charge in [0, 0.05) is 0 Å². The Hall–Kier alpha value is -3.43. The maximum Gasteiger partial charge on any atom is 0.311 e. The number of hydrogen-bond acceptors (Lipinski definition) is 7. The molecule has 25 heavy (non-hydrogen) atoms. The van der Waals surface area contributed by atoms with Crippen LogP contribution in [0.3, 0.4) is 0 Å². The Balaban J connectivity index is 2.05. The first-order valence-corrected chi connectivity index (χ1v) is 7.37. The molecule has 0 aliphatic rings. The summed E-state index contributed by atoms with van der Waals surface area (Å²) < 4.78 is 21.3. The molecule has 4 aromatic rings. The number of hydrogen-bond donors (Lipinski definition) is 0. The van der Waals surface area contributed by atoms with Crippen molar-refractivity contribution in [3.63, 3.8) is 0 Å². The number of ether oxygens (including phenoxy) is 1. The summed E-state index contributed by atoms with van der Waals surface area (Å²) in [7, 11) is 1.29. The van der Waals surface area contributed by atoms with E-state index in [1.807, 2.05) is 0 Å². The van der Waals surface area contributed by atoms with Gasteiger partial charge in [0.1, 0.15) is 17.3 Å². The molecule has 3 aromatic heterocycles. The van der Waals surface area contributed by atoms with Gasteiger partial charge in [0.05, 0.1) is 19.2 Å². The van der Waals surface area contributed by atoms with E-state index < -0.39 is 11.8 Å². The summed E-state index contributed by atoms with van der Waals surface area (Å²) in [4.78, 5) is 15.9. The van der Waals surface area contributed by atoms with Crippen LogP contribution in [0.2, 0.25) is 0 Å². The fourth-order valence-corrected chi connectivity index (χ4v) is 2.56. The number of carbonyl (C=O) groups excluding carboxylic acids is 1. The molecule has 3 heterocycles. The Morgan fingerprint density at radius 1 is 1.28 bits per heavy atom. The number of methoxy groups -OCH3 is 1. The van der Waals surface area contributed by atoms with E-state index in [9.17, 15) is 9.18 Å². The molecule has 0 saturated carbocycles. The smallest absolute Gasteiger partial charge is 0.311 e. The van der Waals surface area contributed by atoms with E-state index in [1.54, 1.807) is 19.1 Å². The van der Waals surface area contributed by atoms with Crippen LogP contribution in [0.1, 0.15) is 11.5 Å². The lowest BCUT2D eigenvalue weighted by Crippen LogP contribution is -2.06. The normalized spacial score (nSPS) is 11.3. The summed E-state index contributed by atoms with van der Waals surface area (Å²) in [5.74, 6) is -0.0957. The molecule has 0 spiro atoms. The lowest BCUT2D eigenvalue weighted by molar-refractivity contribution is -0.139. The Bertz CT molecular complexity index is 1120. The lowest BCUT2D eigenvalue weighted by atomic mass is 10.3. The van der Waals surface area contributed by atoms with Crippen molar-refractivity contribution in [3.05, 3.63) is 41.6 Å². The van der Waals surface area contributed by atoms with E-state index in [0.29, 0.717) is 28.4 Å². The van der Waals surface area contributed by atoms with Gasteiger partial charge in [-0.3, -0.25) is 4.79 Å². The van der Waals surface area contributed by atoms with Crippen molar-refractivity contribution in [1.82, 2.24) is 34.6 Å². The number of aromatic nitrogens is 7. The molecule has 0 amide bonds. The molecular formula is C15H12FN7O2. The van der Waals surface area contributed by atoms with E-state index >= 15 is 0 Å². The molecule has 0 aliphatic heterocycles. The summed E-state index contributed by atoms with van der Waals surface area (Å²) in [5, 5.41) is 16.8. The summed E-state index contributed by atoms with van der Waals surface area (Å²) >= 11 is 0. The molecule has 0 N–H and O–H groups in total. The van der Waals surface area contributed by atoms with Crippen LogP contribution in [0.15, 0.2) is 24.3 Å². The van der Waals surface area contributed by atoms with Crippen molar-refractivity contribution in [2.24, 2.45) is 0 Å². The van der Waals surface area contributed by atoms with Gasteiger partial charge in [-0.25, -0.2) is 9.07 Å². The Kier molecular flexibility index (Phi) is 3.38. The van der Waals surface area contributed by atoms with Crippen molar-refractivity contribution >= 4 is 22.9 Å². The molecular weight excluding hydrogens is 329 g/mol. The average Bonchev–Trinajstić information content (AvgIpc) is 3.14. The standard InChI is InChI=1S/C15H12FN7O2/c1-8-17-15-19-18-13-11(7-12(24)25-2)21-22(14(13)23(15)20-8)10-5-3-4-9(16)6-10/h3-6H,7H2,1-2H3. The minimum absolute atomic E-state index is 0.0941. The molecule has 126 valence electrons. The number of benzene rings is 1. The second kappa shape index (κ2) is 5.58. The number of aryl methyl sites for hydroxylation is 1. The van der Waals surface area contributed by atoms with Crippen molar-refractivity contribution in [3.8, 4) is 5.69 Å². The van der Waals surface area contributed by atoms with Gasteiger partial charge >= 0.3 is 5.97 Å². The van der Waals surface area contributed by atoms with E-state index in [0.717, 1.165) is 0 Å². The van der Waals surface area contributed by atoms with Crippen LogP contribution in [0.25, 0.3) is 22.6 Å². The quantitative estimate of drug-likeness (QED) is 0.513. The highest BCUT2D eigenvalue weighted by molar-refractivity contribution is 5.82. The molecule has 4 rings (SSSR count). The molecule has 10 heteroatoms. The van der Waals surface area contributed by atoms with Crippen LogP contribution in [0.4, 0.5) is 4.39 Å². The number of rotatable bonds is 3.